The first-order valence-electron chi connectivity index (χ1n) is 4.91. The minimum atomic E-state index is -3.82. The summed E-state index contributed by atoms with van der Waals surface area (Å²) in [6, 6.07) is 3.78. The van der Waals surface area contributed by atoms with E-state index in [1.165, 1.54) is 24.5 Å². The molecule has 1 aromatic carbocycles. The summed E-state index contributed by atoms with van der Waals surface area (Å²) in [5.74, 6) is 0. The van der Waals surface area contributed by atoms with Crippen LogP contribution in [0, 0.1) is 17.0 Å². The molecule has 7 nitrogen and oxygen atoms in total. The van der Waals surface area contributed by atoms with E-state index in [4.69, 9.17) is 0 Å². The number of aromatic nitrogens is 2. The zero-order valence-corrected chi connectivity index (χ0v) is 10.2. The fourth-order valence-electron chi connectivity index (χ4n) is 1.46. The zero-order chi connectivity index (χ0) is 13.3. The SMILES string of the molecule is Cc1ccc(S(=O)(=O)n2ccnc2)cc1[N+](=O)[O-]. The molecule has 2 aromatic rings. The number of hydrogen-bond acceptors (Lipinski definition) is 5. The molecule has 0 N–H and O–H groups in total. The number of nitrogens with zero attached hydrogens (tertiary/aromatic N) is 3. The van der Waals surface area contributed by atoms with Crippen LogP contribution in [0.1, 0.15) is 5.56 Å². The van der Waals surface area contributed by atoms with Crippen LogP contribution in [-0.4, -0.2) is 22.3 Å². The van der Waals surface area contributed by atoms with Crippen LogP contribution in [0.4, 0.5) is 5.69 Å². The highest BCUT2D eigenvalue weighted by Gasteiger charge is 2.20. The number of imidazole rings is 1. The monoisotopic (exact) mass is 267 g/mol. The van der Waals surface area contributed by atoms with E-state index in [1.807, 2.05) is 0 Å². The summed E-state index contributed by atoms with van der Waals surface area (Å²) >= 11 is 0. The van der Waals surface area contributed by atoms with Crippen LogP contribution in [0.5, 0.6) is 0 Å². The normalized spacial score (nSPS) is 11.4. The predicted octanol–water partition coefficient (Wildman–Crippen LogP) is 1.34. The van der Waals surface area contributed by atoms with Crippen molar-refractivity contribution in [2.24, 2.45) is 0 Å². The van der Waals surface area contributed by atoms with E-state index in [1.54, 1.807) is 6.92 Å². The third-order valence-electron chi connectivity index (χ3n) is 2.43. The number of nitro groups is 1. The number of rotatable bonds is 3. The third-order valence-corrected chi connectivity index (χ3v) is 4.05. The van der Waals surface area contributed by atoms with Gasteiger partial charge in [-0.25, -0.2) is 17.4 Å². The van der Waals surface area contributed by atoms with E-state index in [9.17, 15) is 18.5 Å². The topological polar surface area (TPSA) is 95.1 Å². The second kappa shape index (κ2) is 4.22. The molecule has 18 heavy (non-hydrogen) atoms. The molecule has 0 unspecified atom stereocenters. The standard InChI is InChI=1S/C10H9N3O4S/c1-8-2-3-9(6-10(8)13(14)15)18(16,17)12-5-4-11-7-12/h2-7H,1H3. The largest absolute Gasteiger partial charge is 0.273 e. The van der Waals surface area contributed by atoms with Gasteiger partial charge in [-0.2, -0.15) is 0 Å². The van der Waals surface area contributed by atoms with E-state index in [0.29, 0.717) is 5.56 Å². The Hall–Kier alpha value is -2.22. The molecule has 0 amide bonds. The van der Waals surface area contributed by atoms with Gasteiger partial charge in [0.25, 0.3) is 15.7 Å². The molecule has 0 bridgehead atoms. The van der Waals surface area contributed by atoms with Gasteiger partial charge in [0.05, 0.1) is 9.82 Å². The van der Waals surface area contributed by atoms with Crippen molar-refractivity contribution in [3.63, 3.8) is 0 Å². The van der Waals surface area contributed by atoms with Crippen LogP contribution in [0.3, 0.4) is 0 Å². The Bertz CT molecular complexity index is 692. The maximum atomic E-state index is 12.1. The van der Waals surface area contributed by atoms with Crippen molar-refractivity contribution in [2.45, 2.75) is 11.8 Å². The van der Waals surface area contributed by atoms with E-state index in [0.717, 1.165) is 16.4 Å². The Morgan fingerprint density at radius 2 is 2.11 bits per heavy atom. The molecule has 0 saturated carbocycles. The summed E-state index contributed by atoms with van der Waals surface area (Å²) in [5, 5.41) is 10.8. The summed E-state index contributed by atoms with van der Waals surface area (Å²) in [6.45, 7) is 1.55. The van der Waals surface area contributed by atoms with Gasteiger partial charge in [-0.3, -0.25) is 10.1 Å². The Morgan fingerprint density at radius 3 is 2.67 bits per heavy atom. The molecule has 8 heteroatoms. The summed E-state index contributed by atoms with van der Waals surface area (Å²) in [5.41, 5.74) is 0.181. The van der Waals surface area contributed by atoms with Crippen molar-refractivity contribution in [3.05, 3.63) is 52.6 Å². The zero-order valence-electron chi connectivity index (χ0n) is 9.35. The molecule has 0 atom stereocenters. The molecule has 94 valence electrons. The fraction of sp³-hybridized carbons (Fsp3) is 0.100. The number of hydrogen-bond donors (Lipinski definition) is 0. The van der Waals surface area contributed by atoms with Gasteiger partial charge in [0, 0.05) is 24.0 Å². The lowest BCUT2D eigenvalue weighted by atomic mass is 10.2. The van der Waals surface area contributed by atoms with E-state index in [2.05, 4.69) is 4.98 Å². The first-order valence-corrected chi connectivity index (χ1v) is 6.35. The molecule has 0 saturated heterocycles. The quantitative estimate of drug-likeness (QED) is 0.617. The number of aryl methyl sites for hydroxylation is 1. The first-order chi connectivity index (χ1) is 8.43. The third kappa shape index (κ3) is 1.97. The molecule has 0 aliphatic carbocycles. The second-order valence-electron chi connectivity index (χ2n) is 3.60. The Kier molecular flexibility index (Phi) is 2.87. The second-order valence-corrected chi connectivity index (χ2v) is 5.45. The molecule has 1 heterocycles. The lowest BCUT2D eigenvalue weighted by Crippen LogP contribution is -2.11. The van der Waals surface area contributed by atoms with E-state index in [-0.39, 0.29) is 10.6 Å². The molecular formula is C10H9N3O4S. The number of benzene rings is 1. The lowest BCUT2D eigenvalue weighted by molar-refractivity contribution is -0.385. The highest BCUT2D eigenvalue weighted by Crippen LogP contribution is 2.23. The van der Waals surface area contributed by atoms with Gasteiger partial charge in [-0.05, 0) is 13.0 Å². The Labute approximate surface area is 103 Å². The van der Waals surface area contributed by atoms with Crippen LogP contribution >= 0.6 is 0 Å². The predicted molar refractivity (Wildman–Crippen MR) is 62.6 cm³/mol. The van der Waals surface area contributed by atoms with Gasteiger partial charge in [0.2, 0.25) is 0 Å². The summed E-state index contributed by atoms with van der Waals surface area (Å²) < 4.78 is 25.1. The van der Waals surface area contributed by atoms with Crippen molar-refractivity contribution >= 4 is 15.7 Å². The summed E-state index contributed by atoms with van der Waals surface area (Å²) in [7, 11) is -3.82. The maximum Gasteiger partial charge on any atom is 0.273 e. The van der Waals surface area contributed by atoms with Crippen LogP contribution in [0.15, 0.2) is 41.8 Å². The summed E-state index contributed by atoms with van der Waals surface area (Å²) in [4.78, 5) is 13.7. The minimum absolute atomic E-state index is 0.141. The van der Waals surface area contributed by atoms with Crippen molar-refractivity contribution in [1.29, 1.82) is 0 Å². The van der Waals surface area contributed by atoms with Crippen LogP contribution in [-0.2, 0) is 10.0 Å². The average Bonchev–Trinajstić information content (AvgIpc) is 2.82. The van der Waals surface area contributed by atoms with Gasteiger partial charge in [-0.1, -0.05) is 6.07 Å². The minimum Gasteiger partial charge on any atom is -0.258 e. The molecule has 2 rings (SSSR count). The van der Waals surface area contributed by atoms with Crippen LogP contribution in [0.25, 0.3) is 0 Å². The van der Waals surface area contributed by atoms with Crippen molar-refractivity contribution in [2.75, 3.05) is 0 Å². The van der Waals surface area contributed by atoms with Crippen LogP contribution < -0.4 is 0 Å². The summed E-state index contributed by atoms with van der Waals surface area (Å²) in [6.07, 6.45) is 3.71. The fourth-order valence-corrected chi connectivity index (χ4v) is 2.59. The molecule has 1 aromatic heterocycles. The van der Waals surface area contributed by atoms with Crippen molar-refractivity contribution < 1.29 is 13.3 Å². The molecular weight excluding hydrogens is 258 g/mol. The van der Waals surface area contributed by atoms with Gasteiger partial charge in [-0.15, -0.1) is 0 Å². The Balaban J connectivity index is 2.60. The number of nitro benzene ring substituents is 1. The van der Waals surface area contributed by atoms with Gasteiger partial charge < -0.3 is 0 Å². The van der Waals surface area contributed by atoms with E-state index >= 15 is 0 Å². The maximum absolute atomic E-state index is 12.1. The first kappa shape index (κ1) is 12.2. The lowest BCUT2D eigenvalue weighted by Gasteiger charge is -2.05. The average molecular weight is 267 g/mol. The molecule has 0 fully saturated rings. The highest BCUT2D eigenvalue weighted by molar-refractivity contribution is 7.90. The van der Waals surface area contributed by atoms with Crippen LogP contribution in [0.2, 0.25) is 0 Å². The van der Waals surface area contributed by atoms with Crippen molar-refractivity contribution in [1.82, 2.24) is 8.96 Å². The highest BCUT2D eigenvalue weighted by atomic mass is 32.2. The Morgan fingerprint density at radius 1 is 1.39 bits per heavy atom. The smallest absolute Gasteiger partial charge is 0.258 e. The van der Waals surface area contributed by atoms with Crippen molar-refractivity contribution in [3.8, 4) is 0 Å². The molecule has 0 aliphatic rings. The molecule has 0 aliphatic heterocycles. The van der Waals surface area contributed by atoms with E-state index < -0.39 is 14.9 Å². The van der Waals surface area contributed by atoms with Gasteiger partial charge in [0.1, 0.15) is 6.33 Å². The van der Waals surface area contributed by atoms with Gasteiger partial charge >= 0.3 is 0 Å². The molecule has 0 radical (unpaired) electrons. The van der Waals surface area contributed by atoms with Gasteiger partial charge in [0.15, 0.2) is 0 Å². The molecule has 0 spiro atoms.